The van der Waals surface area contributed by atoms with E-state index in [1.54, 1.807) is 18.7 Å². The van der Waals surface area contributed by atoms with Gasteiger partial charge in [-0.1, -0.05) is 13.8 Å². The van der Waals surface area contributed by atoms with Crippen LogP contribution in [0.4, 0.5) is 0 Å². The third-order valence-corrected chi connectivity index (χ3v) is 3.19. The van der Waals surface area contributed by atoms with Crippen LogP contribution < -0.4 is 5.32 Å². The maximum atomic E-state index is 12.4. The van der Waals surface area contributed by atoms with Crippen LogP contribution in [0, 0.1) is 5.92 Å². The number of carbonyl (C=O) groups is 2. The van der Waals surface area contributed by atoms with E-state index in [1.807, 2.05) is 6.92 Å². The van der Waals surface area contributed by atoms with Crippen molar-refractivity contribution in [3.05, 3.63) is 0 Å². The van der Waals surface area contributed by atoms with Gasteiger partial charge in [-0.25, -0.2) is 0 Å². The topological polar surface area (TPSA) is 58.6 Å². The predicted molar refractivity (Wildman–Crippen MR) is 73.7 cm³/mol. The Balaban J connectivity index is 2.62. The lowest BCUT2D eigenvalue weighted by molar-refractivity contribution is -0.139. The third kappa shape index (κ3) is 4.49. The molecule has 0 aromatic heterocycles. The Morgan fingerprint density at radius 1 is 1.42 bits per heavy atom. The first-order chi connectivity index (χ1) is 8.74. The van der Waals surface area contributed by atoms with E-state index in [0.29, 0.717) is 32.1 Å². The van der Waals surface area contributed by atoms with Crippen molar-refractivity contribution in [1.82, 2.24) is 10.2 Å². The van der Waals surface area contributed by atoms with Crippen LogP contribution in [0.1, 0.15) is 41.0 Å². The summed E-state index contributed by atoms with van der Waals surface area (Å²) in [5.74, 6) is 0.368. The van der Waals surface area contributed by atoms with E-state index in [1.165, 1.54) is 0 Å². The van der Waals surface area contributed by atoms with Crippen molar-refractivity contribution in [1.29, 1.82) is 0 Å². The first-order valence-corrected chi connectivity index (χ1v) is 6.94. The second-order valence-corrected chi connectivity index (χ2v) is 6.19. The molecule has 19 heavy (non-hydrogen) atoms. The zero-order valence-corrected chi connectivity index (χ0v) is 12.7. The minimum atomic E-state index is -0.833. The number of carbonyl (C=O) groups excluding carboxylic acids is 2. The molecule has 1 fully saturated rings. The molecule has 0 spiro atoms. The van der Waals surface area contributed by atoms with E-state index in [-0.39, 0.29) is 17.9 Å². The molecule has 5 nitrogen and oxygen atoms in total. The molecular weight excluding hydrogens is 244 g/mol. The molecule has 1 atom stereocenters. The van der Waals surface area contributed by atoms with Gasteiger partial charge in [0.2, 0.25) is 11.8 Å². The van der Waals surface area contributed by atoms with Gasteiger partial charge in [0.05, 0.1) is 6.61 Å². The van der Waals surface area contributed by atoms with E-state index in [9.17, 15) is 9.59 Å². The summed E-state index contributed by atoms with van der Waals surface area (Å²) in [4.78, 5) is 25.9. The van der Waals surface area contributed by atoms with Gasteiger partial charge in [0.1, 0.15) is 5.54 Å². The normalized spacial score (nSPS) is 23.5. The van der Waals surface area contributed by atoms with E-state index in [4.69, 9.17) is 4.74 Å². The number of rotatable bonds is 5. The molecule has 1 aliphatic rings. The Morgan fingerprint density at radius 3 is 2.63 bits per heavy atom. The van der Waals surface area contributed by atoms with Crippen molar-refractivity contribution in [3.8, 4) is 0 Å². The number of nitrogens with zero attached hydrogens (tertiary/aromatic N) is 1. The van der Waals surface area contributed by atoms with Crippen LogP contribution in [0.15, 0.2) is 0 Å². The smallest absolute Gasteiger partial charge is 0.248 e. The van der Waals surface area contributed by atoms with E-state index in [0.717, 1.165) is 0 Å². The maximum absolute atomic E-state index is 12.4. The molecule has 0 saturated carbocycles. The van der Waals surface area contributed by atoms with Crippen molar-refractivity contribution in [2.24, 2.45) is 5.92 Å². The molecule has 5 heteroatoms. The van der Waals surface area contributed by atoms with E-state index < -0.39 is 5.54 Å². The standard InChI is InChI=1S/C14H26N2O3/c1-10(2)9-19-7-6-16-11(3)8-12(17)15-14(4,5)13(16)18/h10-11H,6-9H2,1-5H3,(H,15,17). The highest BCUT2D eigenvalue weighted by Gasteiger charge is 2.39. The van der Waals surface area contributed by atoms with Gasteiger partial charge in [0, 0.05) is 25.6 Å². The summed E-state index contributed by atoms with van der Waals surface area (Å²) >= 11 is 0. The number of hydrogen-bond acceptors (Lipinski definition) is 3. The Labute approximate surface area is 115 Å². The number of hydrogen-bond donors (Lipinski definition) is 1. The molecule has 0 aromatic carbocycles. The van der Waals surface area contributed by atoms with Gasteiger partial charge >= 0.3 is 0 Å². The fourth-order valence-corrected chi connectivity index (χ4v) is 2.19. The van der Waals surface area contributed by atoms with Gasteiger partial charge in [-0.15, -0.1) is 0 Å². The van der Waals surface area contributed by atoms with Gasteiger partial charge in [-0.05, 0) is 26.7 Å². The summed E-state index contributed by atoms with van der Waals surface area (Å²) in [6, 6.07) is -0.0862. The van der Waals surface area contributed by atoms with Gasteiger partial charge in [-0.3, -0.25) is 9.59 Å². The molecule has 2 amide bonds. The van der Waals surface area contributed by atoms with Crippen LogP contribution >= 0.6 is 0 Å². The van der Waals surface area contributed by atoms with Gasteiger partial charge in [0.15, 0.2) is 0 Å². The lowest BCUT2D eigenvalue weighted by Crippen LogP contribution is -2.54. The molecular formula is C14H26N2O3. The van der Waals surface area contributed by atoms with E-state index in [2.05, 4.69) is 19.2 Å². The quantitative estimate of drug-likeness (QED) is 0.763. The molecule has 0 bridgehead atoms. The minimum Gasteiger partial charge on any atom is -0.379 e. The van der Waals surface area contributed by atoms with Crippen LogP contribution in [0.5, 0.6) is 0 Å². The van der Waals surface area contributed by atoms with Crippen LogP contribution in [-0.2, 0) is 14.3 Å². The van der Waals surface area contributed by atoms with Gasteiger partial charge < -0.3 is 15.0 Å². The Hall–Kier alpha value is -1.10. The minimum absolute atomic E-state index is 0.0426. The summed E-state index contributed by atoms with van der Waals surface area (Å²) < 4.78 is 5.53. The van der Waals surface area contributed by atoms with Crippen molar-refractivity contribution in [2.75, 3.05) is 19.8 Å². The number of ether oxygens (including phenoxy) is 1. The van der Waals surface area contributed by atoms with Crippen molar-refractivity contribution >= 4 is 11.8 Å². The second-order valence-electron chi connectivity index (χ2n) is 6.19. The lowest BCUT2D eigenvalue weighted by Gasteiger charge is -2.32. The van der Waals surface area contributed by atoms with Crippen molar-refractivity contribution < 1.29 is 14.3 Å². The Kier molecular flexibility index (Phi) is 5.35. The first-order valence-electron chi connectivity index (χ1n) is 6.94. The molecule has 0 aliphatic carbocycles. The molecule has 110 valence electrons. The molecule has 0 aromatic rings. The molecule has 1 aliphatic heterocycles. The zero-order chi connectivity index (χ0) is 14.6. The maximum Gasteiger partial charge on any atom is 0.248 e. The first kappa shape index (κ1) is 16.0. The van der Waals surface area contributed by atoms with Gasteiger partial charge in [-0.2, -0.15) is 0 Å². The summed E-state index contributed by atoms with van der Waals surface area (Å²) in [6.45, 7) is 11.3. The summed E-state index contributed by atoms with van der Waals surface area (Å²) in [5.41, 5.74) is -0.833. The molecule has 0 radical (unpaired) electrons. The predicted octanol–water partition coefficient (Wildman–Crippen LogP) is 1.17. The fourth-order valence-electron chi connectivity index (χ4n) is 2.19. The zero-order valence-electron chi connectivity index (χ0n) is 12.7. The Bertz CT molecular complexity index is 340. The lowest BCUT2D eigenvalue weighted by atomic mass is 10.0. The third-order valence-electron chi connectivity index (χ3n) is 3.19. The largest absolute Gasteiger partial charge is 0.379 e. The molecule has 1 unspecified atom stereocenters. The number of amides is 2. The number of nitrogens with one attached hydrogen (secondary N) is 1. The molecule has 1 rings (SSSR count). The fraction of sp³-hybridized carbons (Fsp3) is 0.857. The highest BCUT2D eigenvalue weighted by Crippen LogP contribution is 2.17. The van der Waals surface area contributed by atoms with Gasteiger partial charge in [0.25, 0.3) is 0 Å². The van der Waals surface area contributed by atoms with E-state index >= 15 is 0 Å². The monoisotopic (exact) mass is 270 g/mol. The van der Waals surface area contributed by atoms with Crippen LogP contribution in [0.2, 0.25) is 0 Å². The van der Waals surface area contributed by atoms with Crippen molar-refractivity contribution in [3.63, 3.8) is 0 Å². The highest BCUT2D eigenvalue weighted by atomic mass is 16.5. The molecule has 1 saturated heterocycles. The van der Waals surface area contributed by atoms with Crippen LogP contribution in [-0.4, -0.2) is 48.1 Å². The average Bonchev–Trinajstić information content (AvgIpc) is 2.32. The summed E-state index contributed by atoms with van der Waals surface area (Å²) in [5, 5.41) is 2.77. The Morgan fingerprint density at radius 2 is 2.05 bits per heavy atom. The summed E-state index contributed by atoms with van der Waals surface area (Å²) in [7, 11) is 0. The molecule has 1 N–H and O–H groups in total. The SMILES string of the molecule is CC(C)COCCN1C(=O)C(C)(C)NC(=O)CC1C. The summed E-state index contributed by atoms with van der Waals surface area (Å²) in [6.07, 6.45) is 0.347. The van der Waals surface area contributed by atoms with Crippen molar-refractivity contribution in [2.45, 2.75) is 52.6 Å². The second kappa shape index (κ2) is 6.37. The van der Waals surface area contributed by atoms with Crippen LogP contribution in [0.3, 0.4) is 0 Å². The van der Waals surface area contributed by atoms with Crippen LogP contribution in [0.25, 0.3) is 0 Å². The molecule has 1 heterocycles. The highest BCUT2D eigenvalue weighted by molar-refractivity contribution is 5.93. The average molecular weight is 270 g/mol.